The SMILES string of the molecule is C[Si](C)(C)C#Cc1cc(CCS(=O)(=O)O)ccc1NCc1ccccc1. The molecule has 2 rings (SSSR count). The lowest BCUT2D eigenvalue weighted by Crippen LogP contribution is -2.16. The molecule has 2 aromatic carbocycles. The maximum absolute atomic E-state index is 11.0. The molecule has 0 saturated carbocycles. The summed E-state index contributed by atoms with van der Waals surface area (Å²) in [6.45, 7) is 7.23. The zero-order chi connectivity index (χ0) is 19.2. The molecule has 0 amide bonds. The lowest BCUT2D eigenvalue weighted by Gasteiger charge is -2.12. The zero-order valence-corrected chi connectivity index (χ0v) is 17.2. The summed E-state index contributed by atoms with van der Waals surface area (Å²) in [4.78, 5) is 0. The van der Waals surface area contributed by atoms with E-state index in [0.717, 1.165) is 16.8 Å². The maximum atomic E-state index is 11.0. The quantitative estimate of drug-likeness (QED) is 0.447. The first kappa shape index (κ1) is 20.2. The van der Waals surface area contributed by atoms with Crippen LogP contribution < -0.4 is 5.32 Å². The Bertz CT molecular complexity index is 908. The standard InChI is InChI=1S/C20H25NO3SSi/c1-26(2,3)14-12-19-15-17(11-13-25(22,23)24)9-10-20(19)21-16-18-7-5-4-6-8-18/h4-10,15,21H,11,13,16H2,1-3H3,(H,22,23,24). The maximum Gasteiger partial charge on any atom is 0.265 e. The average molecular weight is 388 g/mol. The van der Waals surface area contributed by atoms with Gasteiger partial charge >= 0.3 is 0 Å². The van der Waals surface area contributed by atoms with Gasteiger partial charge in [0, 0.05) is 12.1 Å². The van der Waals surface area contributed by atoms with Crippen molar-refractivity contribution in [3.8, 4) is 11.5 Å². The minimum absolute atomic E-state index is 0.263. The summed E-state index contributed by atoms with van der Waals surface area (Å²) in [5.41, 5.74) is 7.15. The highest BCUT2D eigenvalue weighted by Gasteiger charge is 2.10. The third kappa shape index (κ3) is 7.44. The van der Waals surface area contributed by atoms with Crippen LogP contribution in [-0.2, 0) is 23.1 Å². The van der Waals surface area contributed by atoms with Gasteiger partial charge in [-0.15, -0.1) is 5.54 Å². The van der Waals surface area contributed by atoms with Crippen molar-refractivity contribution in [1.82, 2.24) is 0 Å². The molecule has 0 atom stereocenters. The molecule has 0 fully saturated rings. The van der Waals surface area contributed by atoms with Crippen LogP contribution in [0.3, 0.4) is 0 Å². The van der Waals surface area contributed by atoms with E-state index in [0.29, 0.717) is 6.54 Å². The average Bonchev–Trinajstić information content (AvgIpc) is 2.56. The van der Waals surface area contributed by atoms with Gasteiger partial charge in [0.25, 0.3) is 10.1 Å². The zero-order valence-electron chi connectivity index (χ0n) is 15.4. The minimum atomic E-state index is -3.97. The number of nitrogens with one attached hydrogen (secondary N) is 1. The van der Waals surface area contributed by atoms with Crippen molar-refractivity contribution in [3.05, 3.63) is 65.2 Å². The number of anilines is 1. The Hall–Kier alpha value is -2.07. The van der Waals surface area contributed by atoms with Gasteiger partial charge in [0.2, 0.25) is 0 Å². The number of aryl methyl sites for hydroxylation is 1. The van der Waals surface area contributed by atoms with Crippen LogP contribution in [-0.4, -0.2) is 26.8 Å². The molecule has 0 spiro atoms. The third-order valence-corrected chi connectivity index (χ3v) is 5.23. The van der Waals surface area contributed by atoms with E-state index in [1.54, 1.807) is 0 Å². The lowest BCUT2D eigenvalue weighted by molar-refractivity contribution is 0.482. The molecule has 4 nitrogen and oxygen atoms in total. The second-order valence-electron chi connectivity index (χ2n) is 7.26. The Kier molecular flexibility index (Phi) is 6.65. The van der Waals surface area contributed by atoms with Crippen LogP contribution >= 0.6 is 0 Å². The molecule has 0 aliphatic heterocycles. The second kappa shape index (κ2) is 8.54. The van der Waals surface area contributed by atoms with Crippen molar-refractivity contribution in [2.45, 2.75) is 32.6 Å². The molecule has 26 heavy (non-hydrogen) atoms. The van der Waals surface area contributed by atoms with E-state index in [1.165, 1.54) is 5.56 Å². The summed E-state index contributed by atoms with van der Waals surface area (Å²) in [7, 11) is -5.51. The second-order valence-corrected chi connectivity index (χ2v) is 13.6. The van der Waals surface area contributed by atoms with Gasteiger partial charge in [-0.1, -0.05) is 62.0 Å². The van der Waals surface area contributed by atoms with Crippen LogP contribution in [0, 0.1) is 11.5 Å². The number of hydrogen-bond donors (Lipinski definition) is 2. The van der Waals surface area contributed by atoms with Crippen LogP contribution in [0.5, 0.6) is 0 Å². The van der Waals surface area contributed by atoms with E-state index in [2.05, 4.69) is 48.6 Å². The van der Waals surface area contributed by atoms with Crippen molar-refractivity contribution in [2.24, 2.45) is 0 Å². The van der Waals surface area contributed by atoms with E-state index in [4.69, 9.17) is 4.55 Å². The predicted molar refractivity (Wildman–Crippen MR) is 111 cm³/mol. The molecule has 0 aromatic heterocycles. The molecule has 0 saturated heterocycles. The molecule has 0 radical (unpaired) electrons. The van der Waals surface area contributed by atoms with Crippen molar-refractivity contribution < 1.29 is 13.0 Å². The van der Waals surface area contributed by atoms with Gasteiger partial charge in [-0.3, -0.25) is 4.55 Å². The monoisotopic (exact) mass is 387 g/mol. The van der Waals surface area contributed by atoms with Crippen LogP contribution in [0.25, 0.3) is 0 Å². The van der Waals surface area contributed by atoms with E-state index in [9.17, 15) is 8.42 Å². The van der Waals surface area contributed by atoms with Crippen molar-refractivity contribution in [3.63, 3.8) is 0 Å². The fraction of sp³-hybridized carbons (Fsp3) is 0.300. The number of rotatable bonds is 6. The molecular formula is C20H25NO3SSi. The third-order valence-electron chi connectivity index (χ3n) is 3.63. The molecule has 2 aromatic rings. The summed E-state index contributed by atoms with van der Waals surface area (Å²) < 4.78 is 30.9. The van der Waals surface area contributed by atoms with Gasteiger partial charge in [-0.05, 0) is 29.7 Å². The highest BCUT2D eigenvalue weighted by atomic mass is 32.2. The lowest BCUT2D eigenvalue weighted by atomic mass is 10.1. The van der Waals surface area contributed by atoms with Crippen molar-refractivity contribution >= 4 is 23.9 Å². The molecule has 138 valence electrons. The summed E-state index contributed by atoms with van der Waals surface area (Å²) in [5.74, 6) is 2.98. The largest absolute Gasteiger partial charge is 0.380 e. The van der Waals surface area contributed by atoms with Gasteiger partial charge in [0.05, 0.1) is 11.4 Å². The van der Waals surface area contributed by atoms with E-state index >= 15 is 0 Å². The fourth-order valence-electron chi connectivity index (χ4n) is 2.30. The van der Waals surface area contributed by atoms with Gasteiger partial charge < -0.3 is 5.32 Å². The highest BCUT2D eigenvalue weighted by molar-refractivity contribution is 7.85. The Morgan fingerprint density at radius 3 is 2.35 bits per heavy atom. The molecule has 6 heteroatoms. The molecule has 0 aliphatic carbocycles. The summed E-state index contributed by atoms with van der Waals surface area (Å²) in [6.07, 6.45) is 0.263. The molecule has 0 unspecified atom stereocenters. The molecule has 0 aliphatic rings. The summed E-state index contributed by atoms with van der Waals surface area (Å²) in [6, 6.07) is 15.8. The Morgan fingerprint density at radius 2 is 1.73 bits per heavy atom. The number of benzene rings is 2. The topological polar surface area (TPSA) is 66.4 Å². The fourth-order valence-corrected chi connectivity index (χ4v) is 3.30. The predicted octanol–water partition coefficient (Wildman–Crippen LogP) is 3.96. The Balaban J connectivity index is 2.25. The van der Waals surface area contributed by atoms with Gasteiger partial charge in [0.1, 0.15) is 8.07 Å². The molecular weight excluding hydrogens is 362 g/mol. The Morgan fingerprint density at radius 1 is 1.04 bits per heavy atom. The normalized spacial score (nSPS) is 11.5. The van der Waals surface area contributed by atoms with E-state index in [1.807, 2.05) is 36.4 Å². The highest BCUT2D eigenvalue weighted by Crippen LogP contribution is 2.19. The van der Waals surface area contributed by atoms with E-state index < -0.39 is 18.2 Å². The molecule has 0 bridgehead atoms. The summed E-state index contributed by atoms with van der Waals surface area (Å²) in [5, 5.41) is 3.41. The van der Waals surface area contributed by atoms with Gasteiger partial charge in [0.15, 0.2) is 0 Å². The van der Waals surface area contributed by atoms with Crippen molar-refractivity contribution in [2.75, 3.05) is 11.1 Å². The van der Waals surface area contributed by atoms with Gasteiger partial charge in [-0.25, -0.2) is 0 Å². The first-order chi connectivity index (χ1) is 12.1. The van der Waals surface area contributed by atoms with Crippen molar-refractivity contribution in [1.29, 1.82) is 0 Å². The van der Waals surface area contributed by atoms with Crippen LogP contribution in [0.15, 0.2) is 48.5 Å². The minimum Gasteiger partial charge on any atom is -0.380 e. The van der Waals surface area contributed by atoms with Gasteiger partial charge in [-0.2, -0.15) is 8.42 Å². The first-order valence-electron chi connectivity index (χ1n) is 8.51. The first-order valence-corrected chi connectivity index (χ1v) is 13.6. The molecule has 2 N–H and O–H groups in total. The summed E-state index contributed by atoms with van der Waals surface area (Å²) >= 11 is 0. The van der Waals surface area contributed by atoms with Crippen LogP contribution in [0.2, 0.25) is 19.6 Å². The van der Waals surface area contributed by atoms with Crippen LogP contribution in [0.1, 0.15) is 16.7 Å². The molecule has 0 heterocycles. The Labute approximate surface area is 157 Å². The van der Waals surface area contributed by atoms with E-state index in [-0.39, 0.29) is 12.2 Å². The number of hydrogen-bond acceptors (Lipinski definition) is 3. The smallest absolute Gasteiger partial charge is 0.265 e. The van der Waals surface area contributed by atoms with Crippen LogP contribution in [0.4, 0.5) is 5.69 Å².